The van der Waals surface area contributed by atoms with Crippen LogP contribution in [0.15, 0.2) is 46.6 Å². The molecule has 2 aliphatic rings. The van der Waals surface area contributed by atoms with Crippen molar-refractivity contribution in [2.75, 3.05) is 27.2 Å². The molecule has 0 aromatic carbocycles. The second-order valence-corrected chi connectivity index (χ2v) is 11.3. The van der Waals surface area contributed by atoms with E-state index in [9.17, 15) is 19.5 Å². The van der Waals surface area contributed by atoms with Crippen LogP contribution in [-0.4, -0.2) is 89.2 Å². The number of hydrogen-bond acceptors (Lipinski definition) is 8. The summed E-state index contributed by atoms with van der Waals surface area (Å²) >= 11 is 0. The number of amides is 2. The zero-order valence-corrected chi connectivity index (χ0v) is 24.5. The first-order valence-corrected chi connectivity index (χ1v) is 14.1. The molecule has 0 unspecified atom stereocenters. The average Bonchev–Trinajstić information content (AvgIpc) is 3.57. The Kier molecular flexibility index (Phi) is 11.3. The van der Waals surface area contributed by atoms with Crippen molar-refractivity contribution in [1.82, 2.24) is 20.1 Å². The Morgan fingerprint density at radius 1 is 1.20 bits per heavy atom. The van der Waals surface area contributed by atoms with E-state index >= 15 is 0 Å². The first kappa shape index (κ1) is 31.3. The van der Waals surface area contributed by atoms with Crippen molar-refractivity contribution < 1.29 is 28.6 Å². The van der Waals surface area contributed by atoms with Crippen LogP contribution in [-0.2, 0) is 20.7 Å². The number of allylic oxidation sites excluding steroid dienone is 2. The minimum Gasteiger partial charge on any atom is -0.460 e. The number of nitrogens with one attached hydrogen (secondary N) is 1. The molecule has 3 rings (SSSR count). The van der Waals surface area contributed by atoms with Gasteiger partial charge in [0.05, 0.1) is 6.10 Å². The highest BCUT2D eigenvalue weighted by Crippen LogP contribution is 2.25. The number of aliphatic hydroxyl groups excluding tert-OH is 1. The third-order valence-electron chi connectivity index (χ3n) is 7.42. The lowest BCUT2D eigenvalue weighted by Gasteiger charge is -2.29. The van der Waals surface area contributed by atoms with Crippen LogP contribution in [0.5, 0.6) is 0 Å². The molecular weight excluding hydrogens is 512 g/mol. The van der Waals surface area contributed by atoms with Gasteiger partial charge in [0.15, 0.2) is 11.6 Å². The topological polar surface area (TPSA) is 125 Å². The molecule has 0 radical (unpaired) electrons. The van der Waals surface area contributed by atoms with Gasteiger partial charge in [-0.05, 0) is 52.3 Å². The molecule has 1 fully saturated rings. The zero-order valence-electron chi connectivity index (χ0n) is 24.5. The molecule has 3 heterocycles. The molecule has 0 spiro atoms. The SMILES string of the molecule is CC1=C[C@@H](O)C[C@@H](N(C)C)Cc2nc(co2)C(=O)N2CCC[C@@H]2C(=O)O[C@H](C(C)C)[C@H](C)/C=C/C(=O)NCC=C1. The Morgan fingerprint density at radius 3 is 2.65 bits per heavy atom. The molecule has 1 saturated heterocycles. The number of cyclic esters (lactones) is 1. The Hall–Kier alpha value is -3.24. The molecule has 0 saturated carbocycles. The van der Waals surface area contributed by atoms with Gasteiger partial charge in [0.1, 0.15) is 18.4 Å². The Bertz CT molecular complexity index is 1120. The van der Waals surface area contributed by atoms with Crippen LogP contribution in [0.3, 0.4) is 0 Å². The van der Waals surface area contributed by atoms with E-state index in [1.54, 1.807) is 12.2 Å². The summed E-state index contributed by atoms with van der Waals surface area (Å²) in [7, 11) is 3.83. The molecule has 1 aromatic rings. The highest BCUT2D eigenvalue weighted by molar-refractivity contribution is 5.95. The molecule has 2 aliphatic heterocycles. The molecule has 2 bridgehead atoms. The summed E-state index contributed by atoms with van der Waals surface area (Å²) in [6.07, 6.45) is 10.8. The number of aliphatic hydroxyl groups is 1. The number of nitrogens with zero attached hydrogens (tertiary/aromatic N) is 3. The zero-order chi connectivity index (χ0) is 29.4. The number of rotatable bonds is 2. The minimum atomic E-state index is -0.709. The number of aromatic nitrogens is 1. The van der Waals surface area contributed by atoms with Crippen LogP contribution in [0.1, 0.15) is 63.3 Å². The lowest BCUT2D eigenvalue weighted by molar-refractivity contribution is -0.158. The van der Waals surface area contributed by atoms with E-state index in [-0.39, 0.29) is 35.4 Å². The van der Waals surface area contributed by atoms with Crippen molar-refractivity contribution in [1.29, 1.82) is 0 Å². The Labute approximate surface area is 237 Å². The van der Waals surface area contributed by atoms with Crippen molar-refractivity contribution in [2.24, 2.45) is 11.8 Å². The second-order valence-electron chi connectivity index (χ2n) is 11.3. The fourth-order valence-corrected chi connectivity index (χ4v) is 5.16. The fourth-order valence-electron chi connectivity index (χ4n) is 5.16. The largest absolute Gasteiger partial charge is 0.460 e. The van der Waals surface area contributed by atoms with Crippen LogP contribution < -0.4 is 5.32 Å². The summed E-state index contributed by atoms with van der Waals surface area (Å²) in [4.78, 5) is 47.0. The summed E-state index contributed by atoms with van der Waals surface area (Å²) < 4.78 is 11.6. The van der Waals surface area contributed by atoms with E-state index in [1.165, 1.54) is 17.2 Å². The van der Waals surface area contributed by atoms with Crippen LogP contribution in [0, 0.1) is 11.8 Å². The van der Waals surface area contributed by atoms with Gasteiger partial charge in [-0.2, -0.15) is 0 Å². The molecule has 10 heteroatoms. The lowest BCUT2D eigenvalue weighted by Crippen LogP contribution is -2.44. The number of oxazole rings is 1. The van der Waals surface area contributed by atoms with Gasteiger partial charge < -0.3 is 29.4 Å². The Morgan fingerprint density at radius 2 is 1.95 bits per heavy atom. The van der Waals surface area contributed by atoms with Gasteiger partial charge in [0.25, 0.3) is 5.91 Å². The van der Waals surface area contributed by atoms with E-state index in [4.69, 9.17) is 9.15 Å². The van der Waals surface area contributed by atoms with E-state index in [0.29, 0.717) is 44.7 Å². The monoisotopic (exact) mass is 556 g/mol. The fraction of sp³-hybridized carbons (Fsp3) is 0.600. The molecule has 220 valence electrons. The maximum absolute atomic E-state index is 13.4. The van der Waals surface area contributed by atoms with Gasteiger partial charge in [0, 0.05) is 31.5 Å². The van der Waals surface area contributed by atoms with E-state index < -0.39 is 24.2 Å². The van der Waals surface area contributed by atoms with E-state index in [0.717, 1.165) is 5.57 Å². The first-order valence-electron chi connectivity index (χ1n) is 14.1. The number of ether oxygens (including phenoxy) is 1. The van der Waals surface area contributed by atoms with Crippen LogP contribution in [0.2, 0.25) is 0 Å². The lowest BCUT2D eigenvalue weighted by atomic mass is 9.94. The molecule has 1 aromatic heterocycles. The van der Waals surface area contributed by atoms with Crippen molar-refractivity contribution in [3.8, 4) is 0 Å². The molecule has 2 amide bonds. The van der Waals surface area contributed by atoms with Gasteiger partial charge in [-0.25, -0.2) is 9.78 Å². The van der Waals surface area contributed by atoms with Crippen LogP contribution in [0.4, 0.5) is 0 Å². The van der Waals surface area contributed by atoms with Crippen molar-refractivity contribution in [3.05, 3.63) is 53.8 Å². The minimum absolute atomic E-state index is 0.00230. The number of esters is 1. The second kappa shape index (κ2) is 14.4. The molecule has 40 heavy (non-hydrogen) atoms. The van der Waals surface area contributed by atoms with Crippen LogP contribution in [0.25, 0.3) is 0 Å². The molecule has 5 atom stereocenters. The number of carbonyl (C=O) groups is 3. The summed E-state index contributed by atoms with van der Waals surface area (Å²) in [6, 6.07) is -0.803. The predicted molar refractivity (Wildman–Crippen MR) is 151 cm³/mol. The maximum Gasteiger partial charge on any atom is 0.329 e. The number of likely N-dealkylation sites (N-methyl/N-ethyl adjacent to an activating group) is 1. The molecular formula is C30H44N4O6. The predicted octanol–water partition coefficient (Wildman–Crippen LogP) is 2.90. The number of carbonyl (C=O) groups excluding carboxylic acids is 3. The van der Waals surface area contributed by atoms with Crippen molar-refractivity contribution >= 4 is 17.8 Å². The average molecular weight is 557 g/mol. The van der Waals surface area contributed by atoms with Crippen molar-refractivity contribution in [2.45, 2.75) is 77.7 Å². The first-order chi connectivity index (χ1) is 19.0. The number of fused-ring (bicyclic) bond motifs is 3. The standard InChI is InChI=1S/C30H44N4O6/c1-19(2)28-21(4)11-12-26(36)31-13-7-9-20(3)15-23(35)16-22(33(5)6)17-27-32-24(18-39-27)29(37)34-14-8-10-25(34)30(38)40-28/h7,9,11-12,15,18-19,21-23,25,28,35H,8,10,13-14,16-17H2,1-6H3,(H,31,36)/b9-7?,12-11+,20-15?/t21-,22-,23-,25-,28-/m1/s1. The summed E-state index contributed by atoms with van der Waals surface area (Å²) in [5, 5.41) is 13.5. The smallest absolute Gasteiger partial charge is 0.329 e. The third kappa shape index (κ3) is 8.63. The van der Waals surface area contributed by atoms with E-state index in [1.807, 2.05) is 58.8 Å². The van der Waals surface area contributed by atoms with E-state index in [2.05, 4.69) is 10.3 Å². The van der Waals surface area contributed by atoms with Gasteiger partial charge in [0.2, 0.25) is 5.91 Å². The van der Waals surface area contributed by atoms with Gasteiger partial charge in [-0.3, -0.25) is 9.59 Å². The molecule has 10 nitrogen and oxygen atoms in total. The highest BCUT2D eigenvalue weighted by Gasteiger charge is 2.38. The summed E-state index contributed by atoms with van der Waals surface area (Å²) in [6.45, 7) is 8.47. The Balaban J connectivity index is 1.89. The van der Waals surface area contributed by atoms with Crippen LogP contribution >= 0.6 is 0 Å². The highest BCUT2D eigenvalue weighted by atomic mass is 16.5. The molecule has 2 N–H and O–H groups in total. The van der Waals surface area contributed by atoms with Gasteiger partial charge in [-0.1, -0.05) is 50.6 Å². The summed E-state index contributed by atoms with van der Waals surface area (Å²) in [5.74, 6) is -0.896. The number of hydrogen-bond donors (Lipinski definition) is 2. The summed E-state index contributed by atoms with van der Waals surface area (Å²) in [5.41, 5.74) is 1.02. The maximum atomic E-state index is 13.4. The van der Waals surface area contributed by atoms with Gasteiger partial charge in [-0.15, -0.1) is 0 Å². The normalized spacial score (nSPS) is 28.7. The third-order valence-corrected chi connectivity index (χ3v) is 7.42. The van der Waals surface area contributed by atoms with Gasteiger partial charge >= 0.3 is 5.97 Å². The quantitative estimate of drug-likeness (QED) is 0.533. The van der Waals surface area contributed by atoms with Crippen molar-refractivity contribution in [3.63, 3.8) is 0 Å². The molecule has 0 aliphatic carbocycles.